The Labute approximate surface area is 195 Å². The Morgan fingerprint density at radius 2 is 1.70 bits per heavy atom. The van der Waals surface area contributed by atoms with Gasteiger partial charge in [-0.3, -0.25) is 9.59 Å². The molecule has 2 amide bonds. The molecule has 10 heteroatoms. The Kier molecular flexibility index (Phi) is 9.24. The van der Waals surface area contributed by atoms with E-state index >= 15 is 0 Å². The molecule has 0 heterocycles. The third kappa shape index (κ3) is 7.19. The summed E-state index contributed by atoms with van der Waals surface area (Å²) >= 11 is 0. The van der Waals surface area contributed by atoms with Crippen LogP contribution in [0.15, 0.2) is 53.4 Å². The Bertz CT molecular complexity index is 1060. The van der Waals surface area contributed by atoms with E-state index in [0.29, 0.717) is 5.75 Å². The van der Waals surface area contributed by atoms with Gasteiger partial charge in [-0.25, -0.2) is 12.7 Å². The maximum absolute atomic E-state index is 12.9. The molecule has 2 aromatic carbocycles. The first kappa shape index (κ1) is 26.1. The summed E-state index contributed by atoms with van der Waals surface area (Å²) < 4.78 is 37.4. The van der Waals surface area contributed by atoms with E-state index in [4.69, 9.17) is 9.47 Å². The molecule has 0 aromatic heterocycles. The van der Waals surface area contributed by atoms with Crippen LogP contribution < -0.4 is 20.1 Å². The molecule has 2 N–H and O–H groups in total. The van der Waals surface area contributed by atoms with Crippen LogP contribution in [0.5, 0.6) is 11.5 Å². The lowest BCUT2D eigenvalue weighted by molar-refractivity contribution is -0.128. The maximum Gasteiger partial charge on any atom is 0.258 e. The van der Waals surface area contributed by atoms with Crippen LogP contribution in [0, 0.1) is 5.92 Å². The fraction of sp³-hybridized carbons (Fsp3) is 0.391. The van der Waals surface area contributed by atoms with Gasteiger partial charge in [-0.05, 0) is 43.2 Å². The van der Waals surface area contributed by atoms with E-state index in [0.717, 1.165) is 4.31 Å². The molecule has 0 bridgehead atoms. The van der Waals surface area contributed by atoms with Gasteiger partial charge < -0.3 is 20.1 Å². The van der Waals surface area contributed by atoms with Gasteiger partial charge >= 0.3 is 0 Å². The molecule has 0 aliphatic carbocycles. The molecule has 0 fully saturated rings. The lowest BCUT2D eigenvalue weighted by Crippen LogP contribution is -2.48. The molecule has 0 radical (unpaired) electrons. The van der Waals surface area contributed by atoms with Gasteiger partial charge in [0.15, 0.2) is 6.61 Å². The van der Waals surface area contributed by atoms with E-state index in [1.807, 2.05) is 6.07 Å². The molecule has 180 valence electrons. The van der Waals surface area contributed by atoms with Crippen LogP contribution in [0.1, 0.15) is 20.8 Å². The third-order valence-corrected chi connectivity index (χ3v) is 6.48. The standard InChI is InChI=1S/C23H31N3O6S/c1-6-31-19-13-12-17(14-20(19)33(29,30)26(4)5)24-23(28)22(16(2)3)25-21(27)15-32-18-10-8-7-9-11-18/h7-14,16,22H,6,15H2,1-5H3,(H,24,28)(H,25,27)/t22-/m0/s1. The van der Waals surface area contributed by atoms with Crippen molar-refractivity contribution in [2.75, 3.05) is 32.6 Å². The third-order valence-electron chi connectivity index (χ3n) is 4.65. The number of ether oxygens (including phenoxy) is 2. The quantitative estimate of drug-likeness (QED) is 0.514. The zero-order chi connectivity index (χ0) is 24.6. The Balaban J connectivity index is 2.15. The number of rotatable bonds is 11. The number of para-hydroxylation sites is 1. The van der Waals surface area contributed by atoms with E-state index in [2.05, 4.69) is 10.6 Å². The van der Waals surface area contributed by atoms with Crippen molar-refractivity contribution in [1.82, 2.24) is 9.62 Å². The number of anilines is 1. The monoisotopic (exact) mass is 477 g/mol. The molecule has 0 unspecified atom stereocenters. The predicted molar refractivity (Wildman–Crippen MR) is 126 cm³/mol. The molecular formula is C23H31N3O6S. The number of benzene rings is 2. The summed E-state index contributed by atoms with van der Waals surface area (Å²) in [5.41, 5.74) is 0.268. The average molecular weight is 478 g/mol. The van der Waals surface area contributed by atoms with Crippen molar-refractivity contribution in [1.29, 1.82) is 0 Å². The van der Waals surface area contributed by atoms with Gasteiger partial charge in [-0.15, -0.1) is 0 Å². The molecule has 2 rings (SSSR count). The number of hydrogen-bond acceptors (Lipinski definition) is 6. The zero-order valence-corrected chi connectivity index (χ0v) is 20.3. The Morgan fingerprint density at radius 3 is 2.27 bits per heavy atom. The van der Waals surface area contributed by atoms with E-state index in [-0.39, 0.29) is 35.5 Å². The van der Waals surface area contributed by atoms with E-state index in [1.165, 1.54) is 26.2 Å². The van der Waals surface area contributed by atoms with Crippen LogP contribution in [0.25, 0.3) is 0 Å². The van der Waals surface area contributed by atoms with Crippen molar-refractivity contribution in [2.45, 2.75) is 31.7 Å². The van der Waals surface area contributed by atoms with Gasteiger partial charge in [-0.1, -0.05) is 32.0 Å². The minimum Gasteiger partial charge on any atom is -0.492 e. The van der Waals surface area contributed by atoms with Gasteiger partial charge in [0.1, 0.15) is 22.4 Å². The summed E-state index contributed by atoms with van der Waals surface area (Å²) in [5.74, 6) is -0.415. The SMILES string of the molecule is CCOc1ccc(NC(=O)[C@@H](NC(=O)COc2ccccc2)C(C)C)cc1S(=O)(=O)N(C)C. The second-order valence-electron chi connectivity index (χ2n) is 7.76. The number of sulfonamides is 1. The molecule has 0 saturated carbocycles. The van der Waals surface area contributed by atoms with E-state index in [1.54, 1.807) is 51.1 Å². The van der Waals surface area contributed by atoms with Crippen LogP contribution in [0.2, 0.25) is 0 Å². The highest BCUT2D eigenvalue weighted by Crippen LogP contribution is 2.29. The number of amides is 2. The predicted octanol–water partition coefficient (Wildman–Crippen LogP) is 2.49. The molecule has 33 heavy (non-hydrogen) atoms. The molecule has 1 atom stereocenters. The summed E-state index contributed by atoms with van der Waals surface area (Å²) in [6, 6.07) is 12.4. The minimum atomic E-state index is -3.81. The van der Waals surface area contributed by atoms with Crippen LogP contribution in [-0.2, 0) is 19.6 Å². The molecule has 0 spiro atoms. The van der Waals surface area contributed by atoms with Crippen molar-refractivity contribution >= 4 is 27.5 Å². The molecule has 0 aliphatic rings. The number of carbonyl (C=O) groups is 2. The first-order valence-corrected chi connectivity index (χ1v) is 12.0. The second kappa shape index (κ2) is 11.7. The van der Waals surface area contributed by atoms with Gasteiger partial charge in [0.2, 0.25) is 15.9 Å². The number of carbonyl (C=O) groups excluding carboxylic acids is 2. The van der Waals surface area contributed by atoms with Crippen LogP contribution in [0.4, 0.5) is 5.69 Å². The van der Waals surface area contributed by atoms with Gasteiger partial charge in [-0.2, -0.15) is 0 Å². The van der Waals surface area contributed by atoms with Crippen LogP contribution in [-0.4, -0.2) is 57.9 Å². The molecule has 0 saturated heterocycles. The van der Waals surface area contributed by atoms with Gasteiger partial charge in [0, 0.05) is 19.8 Å². The summed E-state index contributed by atoms with van der Waals surface area (Å²) in [6.07, 6.45) is 0. The van der Waals surface area contributed by atoms with Crippen molar-refractivity contribution in [3.05, 3.63) is 48.5 Å². The van der Waals surface area contributed by atoms with Crippen molar-refractivity contribution in [2.24, 2.45) is 5.92 Å². The highest BCUT2D eigenvalue weighted by molar-refractivity contribution is 7.89. The zero-order valence-electron chi connectivity index (χ0n) is 19.5. The molecule has 2 aromatic rings. The van der Waals surface area contributed by atoms with Crippen LogP contribution in [0.3, 0.4) is 0 Å². The molecule has 9 nitrogen and oxygen atoms in total. The normalized spacial score (nSPS) is 12.3. The summed E-state index contributed by atoms with van der Waals surface area (Å²) in [5, 5.41) is 5.36. The fourth-order valence-electron chi connectivity index (χ4n) is 2.89. The second-order valence-corrected chi connectivity index (χ2v) is 9.88. The fourth-order valence-corrected chi connectivity index (χ4v) is 3.95. The van der Waals surface area contributed by atoms with Crippen molar-refractivity contribution < 1.29 is 27.5 Å². The lowest BCUT2D eigenvalue weighted by atomic mass is 10.0. The topological polar surface area (TPSA) is 114 Å². The number of hydrogen-bond donors (Lipinski definition) is 2. The van der Waals surface area contributed by atoms with E-state index in [9.17, 15) is 18.0 Å². The summed E-state index contributed by atoms with van der Waals surface area (Å²) in [7, 11) is -0.977. The maximum atomic E-state index is 12.9. The smallest absolute Gasteiger partial charge is 0.258 e. The highest BCUT2D eigenvalue weighted by atomic mass is 32.2. The first-order chi connectivity index (χ1) is 15.6. The van der Waals surface area contributed by atoms with Crippen molar-refractivity contribution in [3.63, 3.8) is 0 Å². The average Bonchev–Trinajstić information content (AvgIpc) is 2.77. The molecule has 0 aliphatic heterocycles. The summed E-state index contributed by atoms with van der Waals surface area (Å²) in [6.45, 7) is 5.38. The molecular weight excluding hydrogens is 446 g/mol. The van der Waals surface area contributed by atoms with Gasteiger partial charge in [0.25, 0.3) is 5.91 Å². The Hall–Kier alpha value is -3.11. The Morgan fingerprint density at radius 1 is 1.03 bits per heavy atom. The number of nitrogens with one attached hydrogen (secondary N) is 2. The number of nitrogens with zero attached hydrogens (tertiary/aromatic N) is 1. The minimum absolute atomic E-state index is 0.0615. The van der Waals surface area contributed by atoms with Gasteiger partial charge in [0.05, 0.1) is 6.61 Å². The van der Waals surface area contributed by atoms with E-state index < -0.39 is 27.9 Å². The first-order valence-electron chi connectivity index (χ1n) is 10.5. The highest BCUT2D eigenvalue weighted by Gasteiger charge is 2.27. The largest absolute Gasteiger partial charge is 0.492 e. The lowest BCUT2D eigenvalue weighted by Gasteiger charge is -2.22. The summed E-state index contributed by atoms with van der Waals surface area (Å²) in [4.78, 5) is 25.2. The van der Waals surface area contributed by atoms with Crippen molar-refractivity contribution in [3.8, 4) is 11.5 Å². The van der Waals surface area contributed by atoms with Crippen LogP contribution >= 0.6 is 0 Å².